The lowest BCUT2D eigenvalue weighted by Crippen LogP contribution is -2.33. The summed E-state index contributed by atoms with van der Waals surface area (Å²) in [4.78, 5) is 17.9. The Labute approximate surface area is 174 Å². The number of benzene rings is 1. The van der Waals surface area contributed by atoms with E-state index >= 15 is 0 Å². The molecule has 0 spiro atoms. The van der Waals surface area contributed by atoms with Gasteiger partial charge in [0, 0.05) is 28.9 Å². The van der Waals surface area contributed by atoms with Crippen LogP contribution < -0.4 is 14.8 Å². The third-order valence-corrected chi connectivity index (χ3v) is 5.91. The number of rotatable bonds is 6. The molecule has 1 aliphatic rings. The number of methoxy groups -OCH3 is 2. The zero-order chi connectivity index (χ0) is 18.8. The number of hydrogen-bond donors (Lipinski definition) is 1. The Morgan fingerprint density at radius 3 is 2.71 bits per heavy atom. The van der Waals surface area contributed by atoms with Gasteiger partial charge in [-0.1, -0.05) is 12.8 Å². The number of hydrogen-bond acceptors (Lipinski definition) is 5. The van der Waals surface area contributed by atoms with Crippen molar-refractivity contribution in [3.05, 3.63) is 35.5 Å². The highest BCUT2D eigenvalue weighted by molar-refractivity contribution is 7.15. The van der Waals surface area contributed by atoms with Crippen LogP contribution in [-0.2, 0) is 11.2 Å². The summed E-state index contributed by atoms with van der Waals surface area (Å²) in [5.74, 6) is 1.44. The molecule has 0 saturated heterocycles. The minimum Gasteiger partial charge on any atom is -0.493 e. The number of halogens is 1. The zero-order valence-corrected chi connectivity index (χ0v) is 17.6. The van der Waals surface area contributed by atoms with Crippen LogP contribution in [0.25, 0.3) is 16.2 Å². The van der Waals surface area contributed by atoms with Crippen LogP contribution in [0.1, 0.15) is 31.4 Å². The lowest BCUT2D eigenvalue weighted by Gasteiger charge is -2.11. The summed E-state index contributed by atoms with van der Waals surface area (Å²) < 4.78 is 12.7. The first kappa shape index (κ1) is 20.5. The molecule has 1 aliphatic carbocycles. The van der Waals surface area contributed by atoms with Crippen molar-refractivity contribution in [2.45, 2.75) is 38.1 Å². The quantitative estimate of drug-likeness (QED) is 0.650. The van der Waals surface area contributed by atoms with Crippen LogP contribution in [0.15, 0.2) is 29.8 Å². The highest BCUT2D eigenvalue weighted by Gasteiger charge is 2.19. The maximum atomic E-state index is 12.4. The molecular formula is C20H24ClN3O3S. The Morgan fingerprint density at radius 1 is 1.25 bits per heavy atom. The summed E-state index contributed by atoms with van der Waals surface area (Å²) in [5, 5.41) is 5.16. The Morgan fingerprint density at radius 2 is 2.00 bits per heavy atom. The van der Waals surface area contributed by atoms with Gasteiger partial charge in [-0.2, -0.15) is 0 Å². The third-order valence-electron chi connectivity index (χ3n) is 5.02. The Balaban J connectivity index is 0.00000225. The van der Waals surface area contributed by atoms with Crippen molar-refractivity contribution in [2.75, 3.05) is 14.2 Å². The summed E-state index contributed by atoms with van der Waals surface area (Å²) in [6.45, 7) is 0. The molecule has 28 heavy (non-hydrogen) atoms. The van der Waals surface area contributed by atoms with E-state index in [0.29, 0.717) is 24.0 Å². The summed E-state index contributed by atoms with van der Waals surface area (Å²) in [6, 6.07) is 6.09. The van der Waals surface area contributed by atoms with Crippen LogP contribution in [-0.4, -0.2) is 35.6 Å². The number of carbonyl (C=O) groups excluding carboxylic acids is 1. The monoisotopic (exact) mass is 421 g/mol. The normalized spacial score (nSPS) is 14.1. The Hall–Kier alpha value is -2.25. The van der Waals surface area contributed by atoms with E-state index in [4.69, 9.17) is 14.5 Å². The van der Waals surface area contributed by atoms with Gasteiger partial charge in [-0.15, -0.1) is 23.7 Å². The molecule has 1 saturated carbocycles. The van der Waals surface area contributed by atoms with E-state index in [2.05, 4.69) is 5.32 Å². The van der Waals surface area contributed by atoms with Crippen molar-refractivity contribution in [3.63, 3.8) is 0 Å². The summed E-state index contributed by atoms with van der Waals surface area (Å²) in [6.07, 6.45) is 6.97. The number of aromatic nitrogens is 2. The largest absolute Gasteiger partial charge is 0.493 e. The molecule has 0 bridgehead atoms. The highest BCUT2D eigenvalue weighted by atomic mass is 35.5. The summed E-state index contributed by atoms with van der Waals surface area (Å²) in [7, 11) is 3.24. The van der Waals surface area contributed by atoms with E-state index in [-0.39, 0.29) is 18.3 Å². The van der Waals surface area contributed by atoms with Gasteiger partial charge < -0.3 is 14.8 Å². The molecule has 1 aromatic carbocycles. The average Bonchev–Trinajstić information content (AvgIpc) is 3.40. The standard InChI is InChI=1S/C20H23N3O3S.ClH/c1-25-17-8-7-13(9-18(17)26-2)16-11-23-15(12-27-20(23)22-16)10-19(24)21-14-5-3-4-6-14;/h7-9,11-12,14H,3-6,10H2,1-2H3,(H,21,24);1H. The van der Waals surface area contributed by atoms with Crippen molar-refractivity contribution < 1.29 is 14.3 Å². The molecule has 1 fully saturated rings. The Kier molecular flexibility index (Phi) is 6.46. The molecule has 2 aromatic heterocycles. The van der Waals surface area contributed by atoms with Crippen LogP contribution in [0.5, 0.6) is 11.5 Å². The lowest BCUT2D eigenvalue weighted by molar-refractivity contribution is -0.121. The second kappa shape index (κ2) is 8.84. The number of carbonyl (C=O) groups is 1. The van der Waals surface area contributed by atoms with E-state index < -0.39 is 0 Å². The Bertz CT molecular complexity index is 963. The van der Waals surface area contributed by atoms with Crippen molar-refractivity contribution in [3.8, 4) is 22.8 Å². The molecule has 0 radical (unpaired) electrons. The number of ether oxygens (including phenoxy) is 2. The molecule has 3 aromatic rings. The van der Waals surface area contributed by atoms with Gasteiger partial charge in [0.1, 0.15) is 0 Å². The van der Waals surface area contributed by atoms with Crippen LogP contribution in [0.3, 0.4) is 0 Å². The molecule has 2 heterocycles. The first-order valence-corrected chi connectivity index (χ1v) is 10.0. The van der Waals surface area contributed by atoms with E-state index in [9.17, 15) is 4.79 Å². The molecule has 1 amide bonds. The molecule has 0 atom stereocenters. The molecular weight excluding hydrogens is 398 g/mol. The predicted octanol–water partition coefficient (Wildman–Crippen LogP) is 4.10. The van der Waals surface area contributed by atoms with Crippen molar-refractivity contribution in [1.82, 2.24) is 14.7 Å². The number of nitrogens with zero attached hydrogens (tertiary/aromatic N) is 2. The summed E-state index contributed by atoms with van der Waals surface area (Å²) in [5.41, 5.74) is 2.76. The van der Waals surface area contributed by atoms with E-state index in [1.54, 1.807) is 25.6 Å². The number of fused-ring (bicyclic) bond motifs is 1. The van der Waals surface area contributed by atoms with Gasteiger partial charge in [-0.25, -0.2) is 4.98 Å². The topological polar surface area (TPSA) is 64.9 Å². The first-order chi connectivity index (χ1) is 13.2. The molecule has 8 heteroatoms. The van der Waals surface area contributed by atoms with Crippen molar-refractivity contribution >= 4 is 34.6 Å². The van der Waals surface area contributed by atoms with Crippen LogP contribution in [0.2, 0.25) is 0 Å². The fourth-order valence-electron chi connectivity index (χ4n) is 3.60. The van der Waals surface area contributed by atoms with Gasteiger partial charge in [0.2, 0.25) is 5.91 Å². The van der Waals surface area contributed by atoms with Crippen molar-refractivity contribution in [1.29, 1.82) is 0 Å². The molecule has 4 rings (SSSR count). The fourth-order valence-corrected chi connectivity index (χ4v) is 4.48. The van der Waals surface area contributed by atoms with Gasteiger partial charge >= 0.3 is 0 Å². The number of imidazole rings is 1. The van der Waals surface area contributed by atoms with Gasteiger partial charge in [0.25, 0.3) is 0 Å². The lowest BCUT2D eigenvalue weighted by atomic mass is 10.1. The highest BCUT2D eigenvalue weighted by Crippen LogP contribution is 2.32. The molecule has 150 valence electrons. The number of thiazole rings is 1. The average molecular weight is 422 g/mol. The maximum Gasteiger partial charge on any atom is 0.226 e. The van der Waals surface area contributed by atoms with E-state index in [0.717, 1.165) is 34.8 Å². The minimum absolute atomic E-state index is 0. The molecule has 6 nitrogen and oxygen atoms in total. The zero-order valence-electron chi connectivity index (χ0n) is 15.9. The summed E-state index contributed by atoms with van der Waals surface area (Å²) >= 11 is 1.55. The molecule has 1 N–H and O–H groups in total. The second-order valence-electron chi connectivity index (χ2n) is 6.80. The predicted molar refractivity (Wildman–Crippen MR) is 113 cm³/mol. The van der Waals surface area contributed by atoms with Crippen LogP contribution in [0, 0.1) is 0 Å². The second-order valence-corrected chi connectivity index (χ2v) is 7.64. The van der Waals surface area contributed by atoms with Gasteiger partial charge in [0.05, 0.1) is 26.3 Å². The number of nitrogens with one attached hydrogen (secondary N) is 1. The number of amides is 1. The van der Waals surface area contributed by atoms with Gasteiger partial charge in [-0.3, -0.25) is 9.20 Å². The molecule has 0 unspecified atom stereocenters. The maximum absolute atomic E-state index is 12.4. The van der Waals surface area contributed by atoms with Crippen LogP contribution >= 0.6 is 23.7 Å². The fraction of sp³-hybridized carbons (Fsp3) is 0.400. The third kappa shape index (κ3) is 4.10. The smallest absolute Gasteiger partial charge is 0.226 e. The van der Waals surface area contributed by atoms with E-state index in [1.165, 1.54) is 12.8 Å². The first-order valence-electron chi connectivity index (χ1n) is 9.15. The minimum atomic E-state index is 0. The van der Waals surface area contributed by atoms with Gasteiger partial charge in [-0.05, 0) is 31.0 Å². The van der Waals surface area contributed by atoms with Gasteiger partial charge in [0.15, 0.2) is 16.5 Å². The SMILES string of the molecule is COc1ccc(-c2cn3c(CC(=O)NC4CCCC4)csc3n2)cc1OC.Cl. The van der Waals surface area contributed by atoms with E-state index in [1.807, 2.05) is 34.2 Å². The van der Waals surface area contributed by atoms with Crippen molar-refractivity contribution in [2.24, 2.45) is 0 Å². The molecule has 0 aliphatic heterocycles. The van der Waals surface area contributed by atoms with Crippen LogP contribution in [0.4, 0.5) is 0 Å².